The monoisotopic (exact) mass is 476 g/mol. The fourth-order valence-electron chi connectivity index (χ4n) is 2.38. The normalized spacial score (nSPS) is 13.0. The Hall–Kier alpha value is -1.69. The molecule has 2 aromatic carbocycles. The number of amides is 1. The van der Waals surface area contributed by atoms with E-state index >= 15 is 0 Å². The summed E-state index contributed by atoms with van der Waals surface area (Å²) >= 11 is 5.29. The van der Waals surface area contributed by atoms with Crippen LogP contribution in [0.4, 0.5) is 13.2 Å². The van der Waals surface area contributed by atoms with Crippen LogP contribution in [0.15, 0.2) is 36.4 Å². The van der Waals surface area contributed by atoms with E-state index in [1.807, 2.05) is 0 Å². The molecule has 0 bridgehead atoms. The number of ether oxygens (including phenoxy) is 1. The van der Waals surface area contributed by atoms with Gasteiger partial charge in [-0.1, -0.05) is 0 Å². The number of carbonyl (C=O) groups excluding carboxylic acids is 1. The quantitative estimate of drug-likeness (QED) is 0.602. The maximum absolute atomic E-state index is 13.1. The van der Waals surface area contributed by atoms with Crippen molar-refractivity contribution in [2.45, 2.75) is 24.4 Å². The summed E-state index contributed by atoms with van der Waals surface area (Å²) in [6.07, 6.45) is -4.55. The average molecular weight is 477 g/mol. The number of alkyl halides is 3. The summed E-state index contributed by atoms with van der Waals surface area (Å²) in [6.45, 7) is 1.81. The summed E-state index contributed by atoms with van der Waals surface area (Å²) in [5, 5.41) is 12.3. The van der Waals surface area contributed by atoms with Gasteiger partial charge in [-0.05, 0) is 0 Å². The van der Waals surface area contributed by atoms with Crippen molar-refractivity contribution in [2.75, 3.05) is 13.7 Å². The number of rotatable bonds is 7. The number of halogens is 4. The van der Waals surface area contributed by atoms with E-state index in [2.05, 4.69) is 5.32 Å². The minimum absolute atomic E-state index is 0.0175. The standard InChI is InChI=1S/C19H19AsClF3NO3/c1-11(10-26)20-15-5-4-13(19(22,23)24)8-14(15)18(27)25-9-12-3-6-16(21)17(7-12)28-2/h3-8,11,26H,9-10H2,1-2H3,(H,25,27)/t11-/m0/s1. The second kappa shape index (κ2) is 9.68. The molecule has 0 fully saturated rings. The van der Waals surface area contributed by atoms with E-state index in [-0.39, 0.29) is 23.4 Å². The van der Waals surface area contributed by atoms with Gasteiger partial charge in [0.25, 0.3) is 0 Å². The molecule has 0 saturated carbocycles. The molecular formula is C19H19AsClF3NO3. The predicted molar refractivity (Wildman–Crippen MR) is 103 cm³/mol. The molecule has 0 aromatic heterocycles. The molecule has 1 radical (unpaired) electrons. The Bertz CT molecular complexity index is 846. The first-order valence-corrected chi connectivity index (χ1v) is 10.7. The third-order valence-electron chi connectivity index (χ3n) is 3.86. The van der Waals surface area contributed by atoms with Gasteiger partial charge in [0.1, 0.15) is 0 Å². The van der Waals surface area contributed by atoms with E-state index in [1.165, 1.54) is 13.2 Å². The van der Waals surface area contributed by atoms with Crippen LogP contribution in [0, 0.1) is 0 Å². The van der Waals surface area contributed by atoms with Gasteiger partial charge in [0, 0.05) is 0 Å². The zero-order valence-electron chi connectivity index (χ0n) is 15.2. The van der Waals surface area contributed by atoms with Crippen LogP contribution in [-0.2, 0) is 12.7 Å². The van der Waals surface area contributed by atoms with Gasteiger partial charge in [-0.25, -0.2) is 0 Å². The van der Waals surface area contributed by atoms with Crippen molar-refractivity contribution in [1.29, 1.82) is 0 Å². The van der Waals surface area contributed by atoms with Crippen molar-refractivity contribution < 1.29 is 27.8 Å². The Kier molecular flexibility index (Phi) is 7.81. The Balaban J connectivity index is 2.26. The SMILES string of the molecule is COc1cc(CNC(=O)c2cc(C(F)(F)F)ccc2[As][C@@H](C)CO)ccc1Cl. The number of nitrogens with one attached hydrogen (secondary N) is 1. The van der Waals surface area contributed by atoms with Crippen LogP contribution in [0.25, 0.3) is 0 Å². The molecule has 1 atom stereocenters. The molecule has 0 aliphatic heterocycles. The summed E-state index contributed by atoms with van der Waals surface area (Å²) < 4.78 is 44.8. The minimum atomic E-state index is -4.55. The Morgan fingerprint density at radius 3 is 2.61 bits per heavy atom. The number of benzene rings is 2. The van der Waals surface area contributed by atoms with Gasteiger partial charge >= 0.3 is 173 Å². The van der Waals surface area contributed by atoms with Crippen LogP contribution in [0.1, 0.15) is 28.4 Å². The van der Waals surface area contributed by atoms with Gasteiger partial charge in [0.15, 0.2) is 0 Å². The van der Waals surface area contributed by atoms with Gasteiger partial charge in [0.2, 0.25) is 0 Å². The number of hydrogen-bond acceptors (Lipinski definition) is 3. The van der Waals surface area contributed by atoms with Gasteiger partial charge in [-0.2, -0.15) is 0 Å². The number of methoxy groups -OCH3 is 1. The number of hydrogen-bond donors (Lipinski definition) is 2. The summed E-state index contributed by atoms with van der Waals surface area (Å²) in [7, 11) is 1.46. The Morgan fingerprint density at radius 1 is 1.29 bits per heavy atom. The second-order valence-corrected chi connectivity index (χ2v) is 9.85. The van der Waals surface area contributed by atoms with Crippen LogP contribution < -0.4 is 14.4 Å². The van der Waals surface area contributed by atoms with Crippen molar-refractivity contribution in [3.8, 4) is 5.75 Å². The molecule has 2 aromatic rings. The molecule has 0 heterocycles. The van der Waals surface area contributed by atoms with Crippen LogP contribution >= 0.6 is 11.6 Å². The van der Waals surface area contributed by atoms with Crippen LogP contribution in [-0.4, -0.2) is 40.5 Å². The van der Waals surface area contributed by atoms with Crippen molar-refractivity contribution in [3.63, 3.8) is 0 Å². The van der Waals surface area contributed by atoms with Gasteiger partial charge in [-0.3, -0.25) is 0 Å². The summed E-state index contributed by atoms with van der Waals surface area (Å²) in [6, 6.07) is 8.12. The molecule has 0 aliphatic rings. The van der Waals surface area contributed by atoms with Gasteiger partial charge in [-0.15, -0.1) is 0 Å². The molecule has 9 heteroatoms. The van der Waals surface area contributed by atoms with E-state index in [0.29, 0.717) is 20.7 Å². The first-order chi connectivity index (χ1) is 13.2. The van der Waals surface area contributed by atoms with Gasteiger partial charge < -0.3 is 0 Å². The third-order valence-corrected chi connectivity index (χ3v) is 6.84. The fourth-order valence-corrected chi connectivity index (χ4v) is 4.72. The van der Waals surface area contributed by atoms with Crippen molar-refractivity contribution in [1.82, 2.24) is 5.32 Å². The molecular weight excluding hydrogens is 458 g/mol. The van der Waals surface area contributed by atoms with Crippen LogP contribution in [0.5, 0.6) is 5.75 Å². The second-order valence-electron chi connectivity index (χ2n) is 6.04. The average Bonchev–Trinajstić information content (AvgIpc) is 2.66. The van der Waals surface area contributed by atoms with E-state index in [0.717, 1.165) is 12.1 Å². The molecule has 151 valence electrons. The van der Waals surface area contributed by atoms with Crippen molar-refractivity contribution in [3.05, 3.63) is 58.1 Å². The van der Waals surface area contributed by atoms with E-state index in [1.54, 1.807) is 25.1 Å². The van der Waals surface area contributed by atoms with Gasteiger partial charge in [0.05, 0.1) is 0 Å². The molecule has 0 saturated heterocycles. The molecule has 0 aliphatic carbocycles. The van der Waals surface area contributed by atoms with E-state index in [4.69, 9.17) is 16.3 Å². The predicted octanol–water partition coefficient (Wildman–Crippen LogP) is 3.43. The molecule has 28 heavy (non-hydrogen) atoms. The molecule has 2 N–H and O–H groups in total. The fraction of sp³-hybridized carbons (Fsp3) is 0.316. The van der Waals surface area contributed by atoms with E-state index in [9.17, 15) is 23.1 Å². The maximum atomic E-state index is 13.1. The molecule has 2 rings (SSSR count). The zero-order valence-corrected chi connectivity index (χ0v) is 17.8. The van der Waals surface area contributed by atoms with Crippen LogP contribution in [0.2, 0.25) is 9.73 Å². The van der Waals surface area contributed by atoms with Crippen LogP contribution in [0.3, 0.4) is 0 Å². The molecule has 0 unspecified atom stereocenters. The number of carbonyl (C=O) groups is 1. The Morgan fingerprint density at radius 2 is 2.00 bits per heavy atom. The summed E-state index contributed by atoms with van der Waals surface area (Å²) in [5.41, 5.74) is -0.205. The molecule has 4 nitrogen and oxygen atoms in total. The molecule has 1 amide bonds. The number of aliphatic hydroxyl groups excluding tert-OH is 1. The molecule has 0 spiro atoms. The Labute approximate surface area is 172 Å². The zero-order chi connectivity index (χ0) is 20.9. The third kappa shape index (κ3) is 5.90. The van der Waals surface area contributed by atoms with Crippen molar-refractivity contribution in [2.24, 2.45) is 0 Å². The topological polar surface area (TPSA) is 58.6 Å². The first kappa shape index (κ1) is 22.6. The first-order valence-electron chi connectivity index (χ1n) is 8.29. The van der Waals surface area contributed by atoms with Crippen molar-refractivity contribution >= 4 is 37.6 Å². The number of aliphatic hydroxyl groups is 1. The summed E-state index contributed by atoms with van der Waals surface area (Å²) in [5.74, 6) is -0.162. The summed E-state index contributed by atoms with van der Waals surface area (Å²) in [4.78, 5) is 12.6. The van der Waals surface area contributed by atoms with E-state index < -0.39 is 33.4 Å².